The lowest BCUT2D eigenvalue weighted by Gasteiger charge is -2.13. The number of carbonyl (C=O) groups excluding carboxylic acids is 1. The number of sulfonamides is 1. The van der Waals surface area contributed by atoms with Crippen LogP contribution >= 0.6 is 0 Å². The molecule has 0 bridgehead atoms. The first kappa shape index (κ1) is 20.5. The zero-order valence-electron chi connectivity index (χ0n) is 16.0. The topological polar surface area (TPSA) is 115 Å². The average Bonchev–Trinajstić information content (AvgIpc) is 3.27. The standard InChI is InChI=1S/C19H21N5O4S/c1-3-10-22-29(26,27)16-7-4-14(5-8-16)19(25)23-17-11-15(6-9-18(17)28-2)24-12-20-21-13-24/h4-9,11-13,22H,3,10H2,1-2H3,(H,23,25). The molecule has 0 atom stereocenters. The van der Waals surface area contributed by atoms with E-state index < -0.39 is 15.9 Å². The van der Waals surface area contributed by atoms with Crippen molar-refractivity contribution in [3.63, 3.8) is 0 Å². The van der Waals surface area contributed by atoms with Crippen LogP contribution in [0.4, 0.5) is 5.69 Å². The van der Waals surface area contributed by atoms with Gasteiger partial charge >= 0.3 is 0 Å². The molecular weight excluding hydrogens is 394 g/mol. The van der Waals surface area contributed by atoms with E-state index >= 15 is 0 Å². The van der Waals surface area contributed by atoms with Gasteiger partial charge in [-0.1, -0.05) is 6.92 Å². The molecule has 0 aliphatic heterocycles. The lowest BCUT2D eigenvalue weighted by molar-refractivity contribution is 0.102. The molecule has 152 valence electrons. The third-order valence-electron chi connectivity index (χ3n) is 4.12. The van der Waals surface area contributed by atoms with Crippen molar-refractivity contribution in [2.45, 2.75) is 18.2 Å². The maximum atomic E-state index is 12.6. The van der Waals surface area contributed by atoms with Gasteiger partial charge in [0.2, 0.25) is 10.0 Å². The molecule has 1 heterocycles. The fraction of sp³-hybridized carbons (Fsp3) is 0.211. The molecule has 0 spiro atoms. The highest BCUT2D eigenvalue weighted by Gasteiger charge is 2.15. The molecule has 1 amide bonds. The Morgan fingerprint density at radius 3 is 2.41 bits per heavy atom. The summed E-state index contributed by atoms with van der Waals surface area (Å²) in [4.78, 5) is 12.8. The van der Waals surface area contributed by atoms with Gasteiger partial charge in [-0.15, -0.1) is 10.2 Å². The Morgan fingerprint density at radius 2 is 1.79 bits per heavy atom. The van der Waals surface area contributed by atoms with Crippen molar-refractivity contribution in [1.82, 2.24) is 19.5 Å². The van der Waals surface area contributed by atoms with E-state index in [4.69, 9.17) is 4.74 Å². The first-order valence-corrected chi connectivity index (χ1v) is 10.4. The Morgan fingerprint density at radius 1 is 1.10 bits per heavy atom. The second kappa shape index (κ2) is 8.84. The summed E-state index contributed by atoms with van der Waals surface area (Å²) in [6.45, 7) is 2.23. The summed E-state index contributed by atoms with van der Waals surface area (Å²) in [6, 6.07) is 11.0. The number of nitrogens with zero attached hydrogens (tertiary/aromatic N) is 3. The summed E-state index contributed by atoms with van der Waals surface area (Å²) in [5.41, 5.74) is 1.52. The lowest BCUT2D eigenvalue weighted by atomic mass is 10.2. The summed E-state index contributed by atoms with van der Waals surface area (Å²) in [6.07, 6.45) is 3.77. The third-order valence-corrected chi connectivity index (χ3v) is 5.59. The maximum absolute atomic E-state index is 12.6. The molecule has 0 aliphatic rings. The average molecular weight is 415 g/mol. The van der Waals surface area contributed by atoms with Crippen LogP contribution in [0.5, 0.6) is 5.75 Å². The molecule has 0 unspecified atom stereocenters. The van der Waals surface area contributed by atoms with E-state index in [1.807, 2.05) is 6.92 Å². The zero-order valence-corrected chi connectivity index (χ0v) is 16.8. The molecule has 0 radical (unpaired) electrons. The predicted molar refractivity (Wildman–Crippen MR) is 108 cm³/mol. The second-order valence-corrected chi connectivity index (χ2v) is 7.90. The normalized spacial score (nSPS) is 11.2. The van der Waals surface area contributed by atoms with Crippen LogP contribution in [-0.2, 0) is 10.0 Å². The molecule has 0 aliphatic carbocycles. The molecule has 2 N–H and O–H groups in total. The molecule has 0 saturated heterocycles. The maximum Gasteiger partial charge on any atom is 0.255 e. The summed E-state index contributed by atoms with van der Waals surface area (Å²) in [7, 11) is -2.08. The zero-order chi connectivity index (χ0) is 20.9. The van der Waals surface area contributed by atoms with E-state index in [1.165, 1.54) is 31.4 Å². The Hall–Kier alpha value is -3.24. The van der Waals surface area contributed by atoms with Crippen LogP contribution in [0.2, 0.25) is 0 Å². The van der Waals surface area contributed by atoms with Gasteiger partial charge in [-0.3, -0.25) is 9.36 Å². The molecule has 10 heteroatoms. The van der Waals surface area contributed by atoms with E-state index in [0.29, 0.717) is 30.0 Å². The Kier molecular flexibility index (Phi) is 6.25. The number of methoxy groups -OCH3 is 1. The number of anilines is 1. The van der Waals surface area contributed by atoms with Crippen molar-refractivity contribution in [2.24, 2.45) is 0 Å². The van der Waals surface area contributed by atoms with Crippen LogP contribution in [-0.4, -0.2) is 42.7 Å². The summed E-state index contributed by atoms with van der Waals surface area (Å²) < 4.78 is 33.8. The number of hydrogen-bond acceptors (Lipinski definition) is 6. The highest BCUT2D eigenvalue weighted by molar-refractivity contribution is 7.89. The minimum absolute atomic E-state index is 0.106. The first-order valence-electron chi connectivity index (χ1n) is 8.88. The summed E-state index contributed by atoms with van der Waals surface area (Å²) in [5.74, 6) is 0.0906. The fourth-order valence-corrected chi connectivity index (χ4v) is 3.72. The number of ether oxygens (including phenoxy) is 1. The van der Waals surface area contributed by atoms with E-state index in [2.05, 4.69) is 20.2 Å². The molecule has 3 rings (SSSR count). The minimum atomic E-state index is -3.58. The smallest absolute Gasteiger partial charge is 0.255 e. The quantitative estimate of drug-likeness (QED) is 0.583. The number of nitrogens with one attached hydrogen (secondary N) is 2. The van der Waals surface area contributed by atoms with E-state index in [-0.39, 0.29) is 4.90 Å². The number of rotatable bonds is 8. The van der Waals surface area contributed by atoms with Gasteiger partial charge in [-0.25, -0.2) is 13.1 Å². The number of hydrogen-bond donors (Lipinski definition) is 2. The SMILES string of the molecule is CCCNS(=O)(=O)c1ccc(C(=O)Nc2cc(-n3cnnc3)ccc2OC)cc1. The van der Waals surface area contributed by atoms with Crippen molar-refractivity contribution >= 4 is 21.6 Å². The van der Waals surface area contributed by atoms with Crippen molar-refractivity contribution < 1.29 is 17.9 Å². The summed E-state index contributed by atoms with van der Waals surface area (Å²) >= 11 is 0. The molecule has 1 aromatic heterocycles. The van der Waals surface area contributed by atoms with Gasteiger partial charge < -0.3 is 10.1 Å². The van der Waals surface area contributed by atoms with Crippen molar-refractivity contribution in [3.05, 3.63) is 60.7 Å². The second-order valence-electron chi connectivity index (χ2n) is 6.13. The lowest BCUT2D eigenvalue weighted by Crippen LogP contribution is -2.24. The minimum Gasteiger partial charge on any atom is -0.495 e. The van der Waals surface area contributed by atoms with Gasteiger partial charge in [0.05, 0.1) is 23.4 Å². The van der Waals surface area contributed by atoms with Crippen LogP contribution < -0.4 is 14.8 Å². The van der Waals surface area contributed by atoms with Gasteiger partial charge in [0.1, 0.15) is 18.4 Å². The van der Waals surface area contributed by atoms with Gasteiger partial charge in [0, 0.05) is 12.1 Å². The van der Waals surface area contributed by atoms with Crippen LogP contribution in [0.3, 0.4) is 0 Å². The molecule has 29 heavy (non-hydrogen) atoms. The van der Waals surface area contributed by atoms with Gasteiger partial charge in [0.15, 0.2) is 0 Å². The molecule has 2 aromatic carbocycles. The van der Waals surface area contributed by atoms with Crippen molar-refractivity contribution in [1.29, 1.82) is 0 Å². The van der Waals surface area contributed by atoms with Crippen molar-refractivity contribution in [2.75, 3.05) is 19.0 Å². The number of amides is 1. The highest BCUT2D eigenvalue weighted by atomic mass is 32.2. The summed E-state index contributed by atoms with van der Waals surface area (Å²) in [5, 5.41) is 10.3. The van der Waals surface area contributed by atoms with Gasteiger partial charge in [0.25, 0.3) is 5.91 Å². The molecule has 9 nitrogen and oxygen atoms in total. The molecular formula is C19H21N5O4S. The largest absolute Gasteiger partial charge is 0.495 e. The molecule has 0 fully saturated rings. The van der Waals surface area contributed by atoms with Crippen molar-refractivity contribution in [3.8, 4) is 11.4 Å². The van der Waals surface area contributed by atoms with Crippen LogP contribution in [0.1, 0.15) is 23.7 Å². The predicted octanol–water partition coefficient (Wildman–Crippen LogP) is 2.22. The number of benzene rings is 2. The van der Waals surface area contributed by atoms with E-state index in [0.717, 1.165) is 5.69 Å². The monoisotopic (exact) mass is 415 g/mol. The van der Waals surface area contributed by atoms with Crippen LogP contribution in [0, 0.1) is 0 Å². The highest BCUT2D eigenvalue weighted by Crippen LogP contribution is 2.27. The van der Waals surface area contributed by atoms with Crippen LogP contribution in [0.15, 0.2) is 60.0 Å². The number of aromatic nitrogens is 3. The van der Waals surface area contributed by atoms with Crippen LogP contribution in [0.25, 0.3) is 5.69 Å². The van der Waals surface area contributed by atoms with Gasteiger partial charge in [-0.05, 0) is 48.9 Å². The fourth-order valence-electron chi connectivity index (χ4n) is 2.59. The van der Waals surface area contributed by atoms with E-state index in [1.54, 1.807) is 35.4 Å². The van der Waals surface area contributed by atoms with Gasteiger partial charge in [-0.2, -0.15) is 0 Å². The molecule has 3 aromatic rings. The first-order chi connectivity index (χ1) is 13.9. The Bertz CT molecular complexity index is 1080. The number of carbonyl (C=O) groups is 1. The van der Waals surface area contributed by atoms with E-state index in [9.17, 15) is 13.2 Å². The molecule has 0 saturated carbocycles. The Balaban J connectivity index is 1.80. The third kappa shape index (κ3) is 4.79. The Labute approximate surface area is 168 Å².